The number of ether oxygens (including phenoxy) is 1. The summed E-state index contributed by atoms with van der Waals surface area (Å²) in [4.78, 5) is 25.4. The monoisotopic (exact) mass is 432 g/mol. The predicted molar refractivity (Wildman–Crippen MR) is 117 cm³/mol. The lowest BCUT2D eigenvalue weighted by Crippen LogP contribution is -2.23. The number of rotatable bonds is 8. The maximum Gasteiger partial charge on any atom is 0.271 e. The van der Waals surface area contributed by atoms with Crippen LogP contribution in [0.4, 0.5) is 0 Å². The van der Waals surface area contributed by atoms with Crippen LogP contribution in [0.3, 0.4) is 0 Å². The Morgan fingerprint density at radius 1 is 1.19 bits per heavy atom. The molecule has 0 aliphatic carbocycles. The minimum Gasteiger partial charge on any atom is -0.491 e. The van der Waals surface area contributed by atoms with Crippen molar-refractivity contribution in [1.82, 2.24) is 30.0 Å². The summed E-state index contributed by atoms with van der Waals surface area (Å²) in [5, 5.41) is 6.80. The molecule has 1 aromatic carbocycles. The van der Waals surface area contributed by atoms with E-state index in [0.717, 1.165) is 16.9 Å². The molecule has 9 heteroatoms. The SMILES string of the molecule is CCc1noc(-c2ccnc(-n3cnc(C(=O)NCc4ccc(OC(C)C)cc4)c3)c2)n1. The van der Waals surface area contributed by atoms with Crippen LogP contribution in [0, 0.1) is 0 Å². The lowest BCUT2D eigenvalue weighted by molar-refractivity contribution is 0.0946. The summed E-state index contributed by atoms with van der Waals surface area (Å²) in [7, 11) is 0. The van der Waals surface area contributed by atoms with Gasteiger partial charge in [-0.05, 0) is 43.7 Å². The zero-order valence-corrected chi connectivity index (χ0v) is 18.1. The first-order chi connectivity index (χ1) is 15.5. The van der Waals surface area contributed by atoms with Gasteiger partial charge in [0.05, 0.1) is 6.10 Å². The molecule has 0 bridgehead atoms. The van der Waals surface area contributed by atoms with Crippen molar-refractivity contribution in [3.8, 4) is 23.0 Å². The van der Waals surface area contributed by atoms with Crippen molar-refractivity contribution in [3.63, 3.8) is 0 Å². The van der Waals surface area contributed by atoms with E-state index < -0.39 is 0 Å². The van der Waals surface area contributed by atoms with Crippen molar-refractivity contribution in [1.29, 1.82) is 0 Å². The van der Waals surface area contributed by atoms with Gasteiger partial charge in [-0.3, -0.25) is 9.36 Å². The molecule has 0 saturated carbocycles. The number of imidazole rings is 1. The molecule has 3 aromatic heterocycles. The maximum absolute atomic E-state index is 12.5. The highest BCUT2D eigenvalue weighted by Gasteiger charge is 2.13. The molecular formula is C23H24N6O3. The van der Waals surface area contributed by atoms with Crippen LogP contribution in [0.15, 0.2) is 59.6 Å². The van der Waals surface area contributed by atoms with E-state index in [1.807, 2.05) is 45.0 Å². The van der Waals surface area contributed by atoms with Crippen molar-refractivity contribution < 1.29 is 14.1 Å². The second kappa shape index (κ2) is 9.42. The van der Waals surface area contributed by atoms with Gasteiger partial charge in [0.25, 0.3) is 11.8 Å². The van der Waals surface area contributed by atoms with E-state index in [1.165, 1.54) is 0 Å². The molecule has 0 atom stereocenters. The van der Waals surface area contributed by atoms with E-state index in [9.17, 15) is 4.79 Å². The number of nitrogens with zero attached hydrogens (tertiary/aromatic N) is 5. The van der Waals surface area contributed by atoms with Crippen LogP contribution in [0.5, 0.6) is 5.75 Å². The predicted octanol–water partition coefficient (Wildman–Crippen LogP) is 3.60. The molecule has 3 heterocycles. The number of carbonyl (C=O) groups is 1. The van der Waals surface area contributed by atoms with Crippen molar-refractivity contribution in [2.45, 2.75) is 39.8 Å². The third kappa shape index (κ3) is 5.00. The Bertz CT molecular complexity index is 1200. The third-order valence-electron chi connectivity index (χ3n) is 4.60. The summed E-state index contributed by atoms with van der Waals surface area (Å²) in [6.07, 6.45) is 5.63. The fourth-order valence-electron chi connectivity index (χ4n) is 3.00. The summed E-state index contributed by atoms with van der Waals surface area (Å²) in [6, 6.07) is 11.2. The van der Waals surface area contributed by atoms with Crippen molar-refractivity contribution >= 4 is 5.91 Å². The van der Waals surface area contributed by atoms with Crippen LogP contribution in [0.25, 0.3) is 17.3 Å². The number of aryl methyl sites for hydroxylation is 1. The highest BCUT2D eigenvalue weighted by atomic mass is 16.5. The molecule has 164 valence electrons. The van der Waals surface area contributed by atoms with E-state index >= 15 is 0 Å². The summed E-state index contributed by atoms with van der Waals surface area (Å²) >= 11 is 0. The molecule has 0 fully saturated rings. The average Bonchev–Trinajstić information content (AvgIpc) is 3.48. The molecule has 0 aliphatic heterocycles. The molecule has 0 radical (unpaired) electrons. The van der Waals surface area contributed by atoms with Crippen LogP contribution < -0.4 is 10.1 Å². The largest absolute Gasteiger partial charge is 0.491 e. The van der Waals surface area contributed by atoms with Gasteiger partial charge in [-0.15, -0.1) is 0 Å². The summed E-state index contributed by atoms with van der Waals surface area (Å²) < 4.78 is 12.6. The maximum atomic E-state index is 12.5. The Hall–Kier alpha value is -4.01. The lowest BCUT2D eigenvalue weighted by Gasteiger charge is -2.10. The first-order valence-corrected chi connectivity index (χ1v) is 10.4. The Balaban J connectivity index is 1.41. The van der Waals surface area contributed by atoms with E-state index in [0.29, 0.717) is 36.2 Å². The van der Waals surface area contributed by atoms with Crippen LogP contribution >= 0.6 is 0 Å². The number of aromatic nitrogens is 5. The Morgan fingerprint density at radius 2 is 2.00 bits per heavy atom. The molecule has 0 saturated heterocycles. The van der Waals surface area contributed by atoms with Gasteiger partial charge in [0.1, 0.15) is 23.6 Å². The number of hydrogen-bond donors (Lipinski definition) is 1. The molecule has 4 aromatic rings. The lowest BCUT2D eigenvalue weighted by atomic mass is 10.2. The van der Waals surface area contributed by atoms with E-state index in [-0.39, 0.29) is 12.0 Å². The van der Waals surface area contributed by atoms with E-state index in [2.05, 4.69) is 25.4 Å². The van der Waals surface area contributed by atoms with Gasteiger partial charge in [0, 0.05) is 30.9 Å². The number of hydrogen-bond acceptors (Lipinski definition) is 7. The van der Waals surface area contributed by atoms with Crippen molar-refractivity contribution in [2.24, 2.45) is 0 Å². The highest BCUT2D eigenvalue weighted by Crippen LogP contribution is 2.19. The second-order valence-electron chi connectivity index (χ2n) is 7.43. The number of nitrogens with one attached hydrogen (secondary N) is 1. The Labute approximate surface area is 185 Å². The smallest absolute Gasteiger partial charge is 0.271 e. The fourth-order valence-corrected chi connectivity index (χ4v) is 3.00. The number of amides is 1. The average molecular weight is 432 g/mol. The van der Waals surface area contributed by atoms with Crippen LogP contribution in [0.1, 0.15) is 42.6 Å². The Morgan fingerprint density at radius 3 is 2.72 bits per heavy atom. The Kier molecular flexibility index (Phi) is 6.25. The molecule has 32 heavy (non-hydrogen) atoms. The molecule has 0 aliphatic rings. The minimum atomic E-state index is -0.271. The van der Waals surface area contributed by atoms with Gasteiger partial charge in [-0.1, -0.05) is 24.2 Å². The van der Waals surface area contributed by atoms with Crippen LogP contribution in [-0.2, 0) is 13.0 Å². The molecule has 4 rings (SSSR count). The molecule has 1 amide bonds. The normalized spacial score (nSPS) is 11.0. The minimum absolute atomic E-state index is 0.117. The van der Waals surface area contributed by atoms with E-state index in [1.54, 1.807) is 35.4 Å². The number of benzene rings is 1. The van der Waals surface area contributed by atoms with Gasteiger partial charge in [0.15, 0.2) is 5.82 Å². The van der Waals surface area contributed by atoms with Gasteiger partial charge >= 0.3 is 0 Å². The first-order valence-electron chi connectivity index (χ1n) is 10.4. The van der Waals surface area contributed by atoms with Gasteiger partial charge < -0.3 is 14.6 Å². The number of carbonyl (C=O) groups excluding carboxylic acids is 1. The zero-order valence-electron chi connectivity index (χ0n) is 18.1. The quantitative estimate of drug-likeness (QED) is 0.453. The van der Waals surface area contributed by atoms with Gasteiger partial charge in [-0.2, -0.15) is 4.98 Å². The molecule has 0 spiro atoms. The summed E-state index contributed by atoms with van der Waals surface area (Å²) in [5.74, 6) is 2.18. The molecule has 0 unspecified atom stereocenters. The zero-order chi connectivity index (χ0) is 22.5. The summed E-state index contributed by atoms with van der Waals surface area (Å²) in [5.41, 5.74) is 2.00. The summed E-state index contributed by atoms with van der Waals surface area (Å²) in [6.45, 7) is 6.30. The molecular weight excluding hydrogens is 408 g/mol. The first kappa shape index (κ1) is 21.2. The van der Waals surface area contributed by atoms with Crippen molar-refractivity contribution in [2.75, 3.05) is 0 Å². The third-order valence-corrected chi connectivity index (χ3v) is 4.60. The van der Waals surface area contributed by atoms with Crippen LogP contribution in [0.2, 0.25) is 0 Å². The van der Waals surface area contributed by atoms with Gasteiger partial charge in [0.2, 0.25) is 0 Å². The van der Waals surface area contributed by atoms with E-state index in [4.69, 9.17) is 9.26 Å². The van der Waals surface area contributed by atoms with Gasteiger partial charge in [-0.25, -0.2) is 9.97 Å². The fraction of sp³-hybridized carbons (Fsp3) is 0.261. The molecule has 9 nitrogen and oxygen atoms in total. The standard InChI is InChI=1S/C23H24N6O3/c1-4-20-27-23(32-28-20)17-9-10-24-21(11-17)29-13-19(26-14-29)22(30)25-12-16-5-7-18(8-6-16)31-15(2)3/h5-11,13-15H,4,12H2,1-3H3,(H,25,30). The van der Waals surface area contributed by atoms with Crippen LogP contribution in [-0.4, -0.2) is 36.7 Å². The second-order valence-corrected chi connectivity index (χ2v) is 7.43. The van der Waals surface area contributed by atoms with Crippen molar-refractivity contribution in [3.05, 3.63) is 72.2 Å². The highest BCUT2D eigenvalue weighted by molar-refractivity contribution is 5.92. The number of pyridine rings is 1. The topological polar surface area (TPSA) is 108 Å². The molecule has 1 N–H and O–H groups in total.